The summed E-state index contributed by atoms with van der Waals surface area (Å²) in [4.78, 5) is 8.50. The second kappa shape index (κ2) is 6.38. The van der Waals surface area contributed by atoms with Crippen molar-refractivity contribution in [3.05, 3.63) is 46.9 Å². The number of hydrogen-bond donors (Lipinski definition) is 1. The summed E-state index contributed by atoms with van der Waals surface area (Å²) in [6.45, 7) is 2.66. The predicted octanol–water partition coefficient (Wildman–Crippen LogP) is 3.31. The number of nitrogens with one attached hydrogen (secondary N) is 1. The van der Waals surface area contributed by atoms with Crippen molar-refractivity contribution < 1.29 is 4.74 Å². The molecule has 0 spiro atoms. The van der Waals surface area contributed by atoms with Crippen molar-refractivity contribution in [3.8, 4) is 5.75 Å². The van der Waals surface area contributed by atoms with Crippen LogP contribution in [0.3, 0.4) is 0 Å². The standard InChI is InChI=1S/C14H16ClN3O/c1-3-13-17-12(15)8-14(18-13)16-9-10-5-4-6-11(7-10)19-2/h4-8H,3,9H2,1-2H3,(H,16,17,18). The van der Waals surface area contributed by atoms with Gasteiger partial charge in [-0.1, -0.05) is 30.7 Å². The number of aryl methyl sites for hydroxylation is 1. The summed E-state index contributed by atoms with van der Waals surface area (Å²) in [5.74, 6) is 2.31. The first-order valence-corrected chi connectivity index (χ1v) is 6.49. The van der Waals surface area contributed by atoms with Crippen LogP contribution in [0.5, 0.6) is 5.75 Å². The molecule has 100 valence electrons. The van der Waals surface area contributed by atoms with E-state index in [2.05, 4.69) is 15.3 Å². The van der Waals surface area contributed by atoms with Crippen molar-refractivity contribution in [2.24, 2.45) is 0 Å². The van der Waals surface area contributed by atoms with Gasteiger partial charge >= 0.3 is 0 Å². The van der Waals surface area contributed by atoms with Crippen LogP contribution in [-0.4, -0.2) is 17.1 Å². The van der Waals surface area contributed by atoms with Gasteiger partial charge in [0.15, 0.2) is 0 Å². The minimum Gasteiger partial charge on any atom is -0.497 e. The average Bonchev–Trinajstić information content (AvgIpc) is 2.44. The number of ether oxygens (including phenoxy) is 1. The van der Waals surface area contributed by atoms with Gasteiger partial charge in [0.25, 0.3) is 0 Å². The number of methoxy groups -OCH3 is 1. The van der Waals surface area contributed by atoms with Gasteiger partial charge in [-0.15, -0.1) is 0 Å². The Morgan fingerprint density at radius 3 is 2.84 bits per heavy atom. The third-order valence-electron chi connectivity index (χ3n) is 2.67. The summed E-state index contributed by atoms with van der Waals surface area (Å²) in [7, 11) is 1.66. The first-order chi connectivity index (χ1) is 9.21. The molecule has 0 aliphatic heterocycles. The van der Waals surface area contributed by atoms with Crippen LogP contribution < -0.4 is 10.1 Å². The van der Waals surface area contributed by atoms with E-state index in [-0.39, 0.29) is 0 Å². The molecular formula is C14H16ClN3O. The number of nitrogens with zero attached hydrogens (tertiary/aromatic N) is 2. The maximum atomic E-state index is 5.95. The molecule has 1 aromatic carbocycles. The van der Waals surface area contributed by atoms with E-state index in [9.17, 15) is 0 Å². The minimum atomic E-state index is 0.458. The predicted molar refractivity (Wildman–Crippen MR) is 76.7 cm³/mol. The molecule has 1 aromatic heterocycles. The van der Waals surface area contributed by atoms with Gasteiger partial charge in [0.05, 0.1) is 7.11 Å². The molecule has 0 atom stereocenters. The van der Waals surface area contributed by atoms with Gasteiger partial charge in [0.1, 0.15) is 22.5 Å². The molecule has 1 heterocycles. The summed E-state index contributed by atoms with van der Waals surface area (Å²) in [5.41, 5.74) is 1.12. The average molecular weight is 278 g/mol. The Kier molecular flexibility index (Phi) is 4.58. The monoisotopic (exact) mass is 277 g/mol. The summed E-state index contributed by atoms with van der Waals surface area (Å²) in [5, 5.41) is 3.70. The van der Waals surface area contributed by atoms with Gasteiger partial charge in [-0.05, 0) is 17.7 Å². The number of benzene rings is 1. The van der Waals surface area contributed by atoms with E-state index in [1.807, 2.05) is 31.2 Å². The zero-order chi connectivity index (χ0) is 13.7. The molecule has 0 aliphatic carbocycles. The Morgan fingerprint density at radius 2 is 2.11 bits per heavy atom. The van der Waals surface area contributed by atoms with E-state index in [0.717, 1.165) is 29.4 Å². The van der Waals surface area contributed by atoms with Crippen LogP contribution in [0.2, 0.25) is 5.15 Å². The van der Waals surface area contributed by atoms with Crippen LogP contribution in [0.4, 0.5) is 5.82 Å². The topological polar surface area (TPSA) is 47.0 Å². The third kappa shape index (κ3) is 3.83. The van der Waals surface area contributed by atoms with Gasteiger partial charge in [-0.3, -0.25) is 0 Å². The van der Waals surface area contributed by atoms with Crippen LogP contribution in [0.1, 0.15) is 18.3 Å². The van der Waals surface area contributed by atoms with Crippen LogP contribution in [-0.2, 0) is 13.0 Å². The molecule has 0 aliphatic rings. The van der Waals surface area contributed by atoms with Crippen LogP contribution in [0.25, 0.3) is 0 Å². The normalized spacial score (nSPS) is 10.3. The van der Waals surface area contributed by atoms with E-state index >= 15 is 0 Å². The maximum absolute atomic E-state index is 5.95. The van der Waals surface area contributed by atoms with E-state index in [4.69, 9.17) is 16.3 Å². The molecule has 0 bridgehead atoms. The van der Waals surface area contributed by atoms with Crippen molar-refractivity contribution in [2.45, 2.75) is 19.9 Å². The van der Waals surface area contributed by atoms with Crippen LogP contribution >= 0.6 is 11.6 Å². The number of hydrogen-bond acceptors (Lipinski definition) is 4. The highest BCUT2D eigenvalue weighted by molar-refractivity contribution is 6.29. The molecule has 0 fully saturated rings. The molecule has 4 nitrogen and oxygen atoms in total. The van der Waals surface area contributed by atoms with Crippen molar-refractivity contribution in [2.75, 3.05) is 12.4 Å². The lowest BCUT2D eigenvalue weighted by molar-refractivity contribution is 0.414. The van der Waals surface area contributed by atoms with Gasteiger partial charge in [-0.2, -0.15) is 0 Å². The molecule has 0 amide bonds. The van der Waals surface area contributed by atoms with Gasteiger partial charge < -0.3 is 10.1 Å². The van der Waals surface area contributed by atoms with Gasteiger partial charge in [-0.25, -0.2) is 9.97 Å². The number of anilines is 1. The van der Waals surface area contributed by atoms with E-state index in [1.165, 1.54) is 0 Å². The zero-order valence-corrected chi connectivity index (χ0v) is 11.7. The fourth-order valence-electron chi connectivity index (χ4n) is 1.69. The van der Waals surface area contributed by atoms with Crippen LogP contribution in [0, 0.1) is 0 Å². The van der Waals surface area contributed by atoms with Crippen molar-refractivity contribution >= 4 is 17.4 Å². The lowest BCUT2D eigenvalue weighted by Crippen LogP contribution is -2.04. The number of rotatable bonds is 5. The molecule has 5 heteroatoms. The summed E-state index contributed by atoms with van der Waals surface area (Å²) < 4.78 is 5.19. The molecule has 19 heavy (non-hydrogen) atoms. The largest absolute Gasteiger partial charge is 0.497 e. The first-order valence-electron chi connectivity index (χ1n) is 6.11. The molecule has 0 radical (unpaired) electrons. The minimum absolute atomic E-state index is 0.458. The highest BCUT2D eigenvalue weighted by Gasteiger charge is 2.02. The van der Waals surface area contributed by atoms with Crippen molar-refractivity contribution in [3.63, 3.8) is 0 Å². The van der Waals surface area contributed by atoms with Crippen molar-refractivity contribution in [1.29, 1.82) is 0 Å². The third-order valence-corrected chi connectivity index (χ3v) is 2.86. The SMILES string of the molecule is CCc1nc(Cl)cc(NCc2cccc(OC)c2)n1. The van der Waals surface area contributed by atoms with Crippen LogP contribution in [0.15, 0.2) is 30.3 Å². The highest BCUT2D eigenvalue weighted by atomic mass is 35.5. The van der Waals surface area contributed by atoms with E-state index in [1.54, 1.807) is 13.2 Å². The highest BCUT2D eigenvalue weighted by Crippen LogP contribution is 2.16. The molecular weight excluding hydrogens is 262 g/mol. The number of aromatic nitrogens is 2. The lowest BCUT2D eigenvalue weighted by Gasteiger charge is -2.08. The van der Waals surface area contributed by atoms with E-state index in [0.29, 0.717) is 11.7 Å². The number of halogens is 1. The Morgan fingerprint density at radius 1 is 1.26 bits per heavy atom. The quantitative estimate of drug-likeness (QED) is 0.852. The molecule has 2 rings (SSSR count). The maximum Gasteiger partial charge on any atom is 0.134 e. The Bertz CT molecular complexity index is 560. The Labute approximate surface area is 117 Å². The van der Waals surface area contributed by atoms with E-state index < -0.39 is 0 Å². The zero-order valence-electron chi connectivity index (χ0n) is 11.0. The van der Waals surface area contributed by atoms with Gasteiger partial charge in [0, 0.05) is 19.0 Å². The fraction of sp³-hybridized carbons (Fsp3) is 0.286. The molecule has 0 saturated carbocycles. The molecule has 0 unspecified atom stereocenters. The fourth-order valence-corrected chi connectivity index (χ4v) is 1.89. The van der Waals surface area contributed by atoms with Gasteiger partial charge in [0.2, 0.25) is 0 Å². The lowest BCUT2D eigenvalue weighted by atomic mass is 10.2. The summed E-state index contributed by atoms with van der Waals surface area (Å²) >= 11 is 5.95. The molecule has 1 N–H and O–H groups in total. The Balaban J connectivity index is 2.07. The second-order valence-corrected chi connectivity index (χ2v) is 4.44. The van der Waals surface area contributed by atoms with Crippen molar-refractivity contribution in [1.82, 2.24) is 9.97 Å². The smallest absolute Gasteiger partial charge is 0.134 e. The molecule has 0 saturated heterocycles. The summed E-state index contributed by atoms with van der Waals surface area (Å²) in [6.07, 6.45) is 0.758. The molecule has 2 aromatic rings. The second-order valence-electron chi connectivity index (χ2n) is 4.05. The summed E-state index contributed by atoms with van der Waals surface area (Å²) in [6, 6.07) is 9.61. The first kappa shape index (κ1) is 13.6. The Hall–Kier alpha value is -1.81.